The molecule has 2 rings (SSSR count). The Kier molecular flexibility index (Phi) is 4.34. The highest BCUT2D eigenvalue weighted by Crippen LogP contribution is 2.23. The van der Waals surface area contributed by atoms with E-state index in [1.807, 2.05) is 0 Å². The molecule has 0 aromatic heterocycles. The van der Waals surface area contributed by atoms with E-state index in [4.69, 9.17) is 0 Å². The summed E-state index contributed by atoms with van der Waals surface area (Å²) >= 11 is 0. The van der Waals surface area contributed by atoms with Crippen LogP contribution in [0.15, 0.2) is 0 Å². The van der Waals surface area contributed by atoms with Crippen molar-refractivity contribution in [2.24, 2.45) is 5.92 Å². The molecular weight excluding hydrogens is 248 g/mol. The molecule has 2 heterocycles. The van der Waals surface area contributed by atoms with Crippen LogP contribution in [0, 0.1) is 5.92 Å². The molecule has 4 unspecified atom stereocenters. The van der Waals surface area contributed by atoms with Gasteiger partial charge in [-0.05, 0) is 39.2 Å². The Labute approximate surface area is 111 Å². The SMILES string of the molecule is CC1CN(C)C(C)CC1NCC1CCCS1(=O)=O. The van der Waals surface area contributed by atoms with E-state index >= 15 is 0 Å². The molecule has 106 valence electrons. The molecule has 18 heavy (non-hydrogen) atoms. The molecule has 0 saturated carbocycles. The lowest BCUT2D eigenvalue weighted by molar-refractivity contribution is 0.122. The summed E-state index contributed by atoms with van der Waals surface area (Å²) in [7, 11) is -0.637. The zero-order valence-electron chi connectivity index (χ0n) is 11.7. The van der Waals surface area contributed by atoms with Crippen molar-refractivity contribution in [3.05, 3.63) is 0 Å². The Morgan fingerprint density at radius 2 is 2.06 bits per heavy atom. The molecule has 2 fully saturated rings. The van der Waals surface area contributed by atoms with Crippen molar-refractivity contribution in [3.8, 4) is 0 Å². The topological polar surface area (TPSA) is 49.4 Å². The van der Waals surface area contributed by atoms with Crippen LogP contribution in [-0.4, -0.2) is 56.5 Å². The smallest absolute Gasteiger partial charge is 0.154 e. The number of hydrogen-bond acceptors (Lipinski definition) is 4. The zero-order valence-corrected chi connectivity index (χ0v) is 12.5. The second-order valence-electron chi connectivity index (χ2n) is 6.15. The molecule has 0 aromatic rings. The van der Waals surface area contributed by atoms with Crippen LogP contribution >= 0.6 is 0 Å². The molecule has 5 heteroatoms. The Morgan fingerprint density at radius 1 is 1.33 bits per heavy atom. The summed E-state index contributed by atoms with van der Waals surface area (Å²) in [6.45, 7) is 6.24. The molecule has 0 amide bonds. The van der Waals surface area contributed by atoms with Gasteiger partial charge in [-0.1, -0.05) is 6.92 Å². The van der Waals surface area contributed by atoms with Gasteiger partial charge in [0.2, 0.25) is 0 Å². The molecule has 0 bridgehead atoms. The normalized spacial score (nSPS) is 41.1. The van der Waals surface area contributed by atoms with Gasteiger partial charge in [-0.3, -0.25) is 0 Å². The third-order valence-electron chi connectivity index (χ3n) is 4.68. The summed E-state index contributed by atoms with van der Waals surface area (Å²) in [6, 6.07) is 1.05. The number of nitrogens with one attached hydrogen (secondary N) is 1. The Hall–Kier alpha value is -0.130. The minimum Gasteiger partial charge on any atom is -0.312 e. The van der Waals surface area contributed by atoms with Gasteiger partial charge < -0.3 is 10.2 Å². The van der Waals surface area contributed by atoms with Crippen molar-refractivity contribution in [3.63, 3.8) is 0 Å². The van der Waals surface area contributed by atoms with E-state index in [2.05, 4.69) is 31.1 Å². The second kappa shape index (κ2) is 5.47. The van der Waals surface area contributed by atoms with Crippen LogP contribution in [0.3, 0.4) is 0 Å². The minimum absolute atomic E-state index is 0.139. The van der Waals surface area contributed by atoms with Crippen molar-refractivity contribution in [2.45, 2.75) is 50.4 Å². The molecule has 0 aliphatic carbocycles. The summed E-state index contributed by atoms with van der Waals surface area (Å²) in [4.78, 5) is 2.38. The summed E-state index contributed by atoms with van der Waals surface area (Å²) in [5, 5.41) is 3.37. The average molecular weight is 274 g/mol. The van der Waals surface area contributed by atoms with E-state index < -0.39 is 9.84 Å². The van der Waals surface area contributed by atoms with Crippen molar-refractivity contribution in [2.75, 3.05) is 25.9 Å². The van der Waals surface area contributed by atoms with Crippen LogP contribution in [-0.2, 0) is 9.84 Å². The van der Waals surface area contributed by atoms with E-state index in [1.54, 1.807) is 0 Å². The van der Waals surface area contributed by atoms with Crippen LogP contribution in [0.2, 0.25) is 0 Å². The number of hydrogen-bond donors (Lipinski definition) is 1. The maximum atomic E-state index is 11.8. The molecule has 1 N–H and O–H groups in total. The van der Waals surface area contributed by atoms with Crippen LogP contribution in [0.5, 0.6) is 0 Å². The highest BCUT2D eigenvalue weighted by molar-refractivity contribution is 7.92. The van der Waals surface area contributed by atoms with Gasteiger partial charge in [-0.2, -0.15) is 0 Å². The first kappa shape index (κ1) is 14.3. The predicted octanol–water partition coefficient (Wildman–Crippen LogP) is 0.882. The van der Waals surface area contributed by atoms with Crippen LogP contribution in [0.1, 0.15) is 33.1 Å². The molecule has 0 aromatic carbocycles. The van der Waals surface area contributed by atoms with Crippen molar-refractivity contribution < 1.29 is 8.42 Å². The number of piperidine rings is 1. The van der Waals surface area contributed by atoms with E-state index in [1.165, 1.54) is 0 Å². The molecule has 4 atom stereocenters. The van der Waals surface area contributed by atoms with Crippen LogP contribution in [0.25, 0.3) is 0 Å². The van der Waals surface area contributed by atoms with E-state index in [0.29, 0.717) is 30.3 Å². The number of rotatable bonds is 3. The largest absolute Gasteiger partial charge is 0.312 e. The first-order chi connectivity index (χ1) is 8.40. The van der Waals surface area contributed by atoms with Crippen LogP contribution in [0.4, 0.5) is 0 Å². The van der Waals surface area contributed by atoms with E-state index in [0.717, 1.165) is 25.8 Å². The van der Waals surface area contributed by atoms with Gasteiger partial charge >= 0.3 is 0 Å². The summed E-state index contributed by atoms with van der Waals surface area (Å²) in [5.41, 5.74) is 0. The van der Waals surface area contributed by atoms with Gasteiger partial charge in [0.1, 0.15) is 0 Å². The maximum Gasteiger partial charge on any atom is 0.154 e. The van der Waals surface area contributed by atoms with Crippen molar-refractivity contribution in [1.82, 2.24) is 10.2 Å². The first-order valence-corrected chi connectivity index (χ1v) is 8.77. The lowest BCUT2D eigenvalue weighted by atomic mass is 9.90. The quantitative estimate of drug-likeness (QED) is 0.830. The molecule has 2 saturated heterocycles. The standard InChI is InChI=1S/C13H26N2O2S/c1-10-9-15(3)11(2)7-13(10)14-8-12-5-4-6-18(12,16)17/h10-14H,4-9H2,1-3H3. The lowest BCUT2D eigenvalue weighted by Crippen LogP contribution is -2.52. The Bertz CT molecular complexity index is 382. The molecule has 2 aliphatic heterocycles. The van der Waals surface area contributed by atoms with Gasteiger partial charge in [0.15, 0.2) is 9.84 Å². The van der Waals surface area contributed by atoms with Gasteiger partial charge in [0.05, 0.1) is 11.0 Å². The minimum atomic E-state index is -2.80. The fraction of sp³-hybridized carbons (Fsp3) is 1.00. The number of sulfone groups is 1. The second-order valence-corrected chi connectivity index (χ2v) is 8.55. The van der Waals surface area contributed by atoms with Gasteiger partial charge in [0.25, 0.3) is 0 Å². The fourth-order valence-electron chi connectivity index (χ4n) is 3.20. The number of likely N-dealkylation sites (tertiary alicyclic amines) is 1. The van der Waals surface area contributed by atoms with Gasteiger partial charge in [-0.15, -0.1) is 0 Å². The third-order valence-corrected chi connectivity index (χ3v) is 6.96. The molecule has 4 nitrogen and oxygen atoms in total. The highest BCUT2D eigenvalue weighted by atomic mass is 32.2. The predicted molar refractivity (Wildman–Crippen MR) is 74.5 cm³/mol. The fourth-order valence-corrected chi connectivity index (χ4v) is 4.97. The molecule has 2 aliphatic rings. The maximum absolute atomic E-state index is 11.8. The lowest BCUT2D eigenvalue weighted by Gasteiger charge is -2.40. The summed E-state index contributed by atoms with van der Waals surface area (Å²) in [5.74, 6) is 0.980. The first-order valence-electron chi connectivity index (χ1n) is 7.05. The van der Waals surface area contributed by atoms with Gasteiger partial charge in [-0.25, -0.2) is 8.42 Å². The van der Waals surface area contributed by atoms with Crippen molar-refractivity contribution in [1.29, 1.82) is 0 Å². The summed E-state index contributed by atoms with van der Waals surface area (Å²) < 4.78 is 23.6. The highest BCUT2D eigenvalue weighted by Gasteiger charge is 2.33. The summed E-state index contributed by atoms with van der Waals surface area (Å²) in [6.07, 6.45) is 2.80. The van der Waals surface area contributed by atoms with Gasteiger partial charge in [0, 0.05) is 25.2 Å². The third kappa shape index (κ3) is 3.06. The molecule has 0 radical (unpaired) electrons. The van der Waals surface area contributed by atoms with E-state index in [-0.39, 0.29) is 5.25 Å². The molecular formula is C13H26N2O2S. The Balaban J connectivity index is 1.86. The van der Waals surface area contributed by atoms with Crippen LogP contribution < -0.4 is 5.32 Å². The monoisotopic (exact) mass is 274 g/mol. The average Bonchev–Trinajstić information content (AvgIpc) is 2.61. The van der Waals surface area contributed by atoms with Crippen molar-refractivity contribution >= 4 is 9.84 Å². The van der Waals surface area contributed by atoms with E-state index in [9.17, 15) is 8.42 Å². The zero-order chi connectivity index (χ0) is 13.3. The Morgan fingerprint density at radius 3 is 2.67 bits per heavy atom. The number of nitrogens with zero attached hydrogens (tertiary/aromatic N) is 1. The molecule has 0 spiro atoms.